The predicted molar refractivity (Wildman–Crippen MR) is 103 cm³/mol. The van der Waals surface area contributed by atoms with Crippen molar-refractivity contribution in [2.24, 2.45) is 5.73 Å². The van der Waals surface area contributed by atoms with Gasteiger partial charge in [-0.25, -0.2) is 0 Å². The van der Waals surface area contributed by atoms with E-state index in [1.807, 2.05) is 49.4 Å². The van der Waals surface area contributed by atoms with Crippen LogP contribution in [-0.4, -0.2) is 12.5 Å². The zero-order chi connectivity index (χ0) is 17.4. The molecule has 3 N–H and O–H groups in total. The summed E-state index contributed by atoms with van der Waals surface area (Å²) < 4.78 is 0. The van der Waals surface area contributed by atoms with Crippen molar-refractivity contribution in [3.63, 3.8) is 0 Å². The Morgan fingerprint density at radius 3 is 2.36 bits per heavy atom. The molecule has 0 saturated heterocycles. The molecule has 1 aliphatic rings. The Hall–Kier alpha value is -3.07. The molecule has 25 heavy (non-hydrogen) atoms. The number of primary amides is 1. The van der Waals surface area contributed by atoms with Gasteiger partial charge >= 0.3 is 0 Å². The third kappa shape index (κ3) is 2.78. The number of fused-ring (bicyclic) bond motifs is 1. The Kier molecular flexibility index (Phi) is 3.77. The second kappa shape index (κ2) is 6.10. The largest absolute Gasteiger partial charge is 0.384 e. The van der Waals surface area contributed by atoms with Gasteiger partial charge in [0.1, 0.15) is 0 Å². The highest BCUT2D eigenvalue weighted by Crippen LogP contribution is 2.35. The van der Waals surface area contributed by atoms with Gasteiger partial charge in [0, 0.05) is 12.2 Å². The van der Waals surface area contributed by atoms with Crippen LogP contribution in [0.2, 0.25) is 0 Å². The number of carbonyl (C=O) groups excluding carboxylic acids is 1. The number of hydrogen-bond donors (Lipinski definition) is 2. The van der Waals surface area contributed by atoms with Crippen LogP contribution in [0.3, 0.4) is 0 Å². The molecular formula is C22H20N2O. The van der Waals surface area contributed by atoms with Crippen LogP contribution in [0.1, 0.15) is 21.5 Å². The van der Waals surface area contributed by atoms with Crippen LogP contribution in [0.5, 0.6) is 0 Å². The molecule has 0 unspecified atom stereocenters. The first kappa shape index (κ1) is 15.5. The minimum Gasteiger partial charge on any atom is -0.384 e. The molecular weight excluding hydrogens is 308 g/mol. The van der Waals surface area contributed by atoms with Crippen LogP contribution >= 0.6 is 0 Å². The molecule has 3 aromatic rings. The number of benzene rings is 3. The number of nitrogens with one attached hydrogen (secondary N) is 1. The zero-order valence-electron chi connectivity index (χ0n) is 14.2. The first-order valence-electron chi connectivity index (χ1n) is 8.50. The van der Waals surface area contributed by atoms with Gasteiger partial charge in [0.25, 0.3) is 0 Å². The van der Waals surface area contributed by atoms with Gasteiger partial charge in [-0.1, -0.05) is 54.1 Å². The lowest BCUT2D eigenvalue weighted by atomic mass is 9.90. The fourth-order valence-electron chi connectivity index (χ4n) is 3.50. The first-order valence-corrected chi connectivity index (χ1v) is 8.50. The van der Waals surface area contributed by atoms with Crippen molar-refractivity contribution in [1.29, 1.82) is 0 Å². The molecule has 3 aromatic carbocycles. The summed E-state index contributed by atoms with van der Waals surface area (Å²) >= 11 is 0. The smallest absolute Gasteiger partial charge is 0.249 e. The van der Waals surface area contributed by atoms with Crippen molar-refractivity contribution >= 4 is 11.6 Å². The van der Waals surface area contributed by atoms with Gasteiger partial charge in [0.15, 0.2) is 0 Å². The standard InChI is InChI=1S/C22H20N2O/c1-14-5-7-15(8-6-14)18-3-2-4-19(21(18)22(23)25)16-9-10-20-17(13-16)11-12-24-20/h2-10,13,24H,11-12H2,1H3,(H2,23,25). The quantitative estimate of drug-likeness (QED) is 0.749. The third-order valence-corrected chi connectivity index (χ3v) is 4.80. The Morgan fingerprint density at radius 2 is 1.64 bits per heavy atom. The van der Waals surface area contributed by atoms with Gasteiger partial charge in [-0.2, -0.15) is 0 Å². The number of hydrogen-bond acceptors (Lipinski definition) is 2. The Balaban J connectivity index is 1.90. The molecule has 0 saturated carbocycles. The second-order valence-corrected chi connectivity index (χ2v) is 6.51. The van der Waals surface area contributed by atoms with E-state index in [0.29, 0.717) is 5.56 Å². The summed E-state index contributed by atoms with van der Waals surface area (Å²) in [5.41, 5.74) is 13.8. The van der Waals surface area contributed by atoms with Crippen LogP contribution in [0.4, 0.5) is 5.69 Å². The molecule has 0 fully saturated rings. The third-order valence-electron chi connectivity index (χ3n) is 4.80. The van der Waals surface area contributed by atoms with Gasteiger partial charge in [0.2, 0.25) is 5.91 Å². The van der Waals surface area contributed by atoms with E-state index >= 15 is 0 Å². The van der Waals surface area contributed by atoms with Crippen LogP contribution < -0.4 is 11.1 Å². The highest BCUT2D eigenvalue weighted by Gasteiger charge is 2.18. The predicted octanol–water partition coefficient (Wildman–Crippen LogP) is 4.40. The fourth-order valence-corrected chi connectivity index (χ4v) is 3.50. The summed E-state index contributed by atoms with van der Waals surface area (Å²) in [5.74, 6) is -0.398. The maximum Gasteiger partial charge on any atom is 0.249 e. The summed E-state index contributed by atoms with van der Waals surface area (Å²) in [6.07, 6.45) is 1.01. The summed E-state index contributed by atoms with van der Waals surface area (Å²) in [4.78, 5) is 12.3. The van der Waals surface area contributed by atoms with E-state index in [9.17, 15) is 4.79 Å². The van der Waals surface area contributed by atoms with Gasteiger partial charge in [-0.3, -0.25) is 4.79 Å². The number of aryl methyl sites for hydroxylation is 1. The Labute approximate surface area is 147 Å². The molecule has 4 rings (SSSR count). The molecule has 0 radical (unpaired) electrons. The topological polar surface area (TPSA) is 55.1 Å². The van der Waals surface area contributed by atoms with E-state index in [0.717, 1.165) is 35.2 Å². The Morgan fingerprint density at radius 1 is 0.960 bits per heavy atom. The molecule has 3 nitrogen and oxygen atoms in total. The van der Waals surface area contributed by atoms with Crippen molar-refractivity contribution in [1.82, 2.24) is 0 Å². The van der Waals surface area contributed by atoms with Crippen LogP contribution in [0.25, 0.3) is 22.3 Å². The van der Waals surface area contributed by atoms with Gasteiger partial charge in [-0.05, 0) is 53.3 Å². The van der Waals surface area contributed by atoms with Crippen LogP contribution in [0.15, 0.2) is 60.7 Å². The molecule has 0 atom stereocenters. The summed E-state index contributed by atoms with van der Waals surface area (Å²) in [6.45, 7) is 3.01. The van der Waals surface area contributed by atoms with E-state index in [1.165, 1.54) is 16.8 Å². The van der Waals surface area contributed by atoms with Crippen molar-refractivity contribution in [2.75, 3.05) is 11.9 Å². The first-order chi connectivity index (χ1) is 12.1. The highest BCUT2D eigenvalue weighted by molar-refractivity contribution is 6.06. The molecule has 0 bridgehead atoms. The zero-order valence-corrected chi connectivity index (χ0v) is 14.2. The van der Waals surface area contributed by atoms with E-state index in [4.69, 9.17) is 5.73 Å². The van der Waals surface area contributed by atoms with Crippen molar-refractivity contribution in [3.05, 3.63) is 77.4 Å². The molecule has 0 aromatic heterocycles. The number of rotatable bonds is 3. The minimum atomic E-state index is -0.398. The summed E-state index contributed by atoms with van der Waals surface area (Å²) in [7, 11) is 0. The van der Waals surface area contributed by atoms with Crippen LogP contribution in [0, 0.1) is 6.92 Å². The maximum absolute atomic E-state index is 12.3. The maximum atomic E-state index is 12.3. The minimum absolute atomic E-state index is 0.398. The molecule has 124 valence electrons. The normalized spacial score (nSPS) is 12.5. The lowest BCUT2D eigenvalue weighted by Gasteiger charge is -2.14. The molecule has 1 amide bonds. The SMILES string of the molecule is Cc1ccc(-c2cccc(-c3ccc4c(c3)CCN4)c2C(N)=O)cc1. The highest BCUT2D eigenvalue weighted by atomic mass is 16.1. The molecule has 0 aliphatic carbocycles. The molecule has 0 spiro atoms. The number of anilines is 1. The van der Waals surface area contributed by atoms with E-state index in [2.05, 4.69) is 23.5 Å². The molecule has 1 aliphatic heterocycles. The van der Waals surface area contributed by atoms with Gasteiger partial charge in [-0.15, -0.1) is 0 Å². The number of amides is 1. The van der Waals surface area contributed by atoms with Gasteiger partial charge in [0.05, 0.1) is 5.56 Å². The summed E-state index contributed by atoms with van der Waals surface area (Å²) in [6, 6.07) is 20.4. The fraction of sp³-hybridized carbons (Fsp3) is 0.136. The number of nitrogens with two attached hydrogens (primary N) is 1. The average Bonchev–Trinajstić information content (AvgIpc) is 3.09. The van der Waals surface area contributed by atoms with Gasteiger partial charge < -0.3 is 11.1 Å². The monoisotopic (exact) mass is 328 g/mol. The molecule has 1 heterocycles. The van der Waals surface area contributed by atoms with E-state index in [-0.39, 0.29) is 0 Å². The Bertz CT molecular complexity index is 958. The van der Waals surface area contributed by atoms with Crippen molar-refractivity contribution in [3.8, 4) is 22.3 Å². The van der Waals surface area contributed by atoms with E-state index < -0.39 is 5.91 Å². The van der Waals surface area contributed by atoms with Crippen molar-refractivity contribution in [2.45, 2.75) is 13.3 Å². The summed E-state index contributed by atoms with van der Waals surface area (Å²) in [5, 5.41) is 3.37. The van der Waals surface area contributed by atoms with Crippen molar-refractivity contribution < 1.29 is 4.79 Å². The van der Waals surface area contributed by atoms with E-state index in [1.54, 1.807) is 0 Å². The second-order valence-electron chi connectivity index (χ2n) is 6.51. The average molecular weight is 328 g/mol. The lowest BCUT2D eigenvalue weighted by Crippen LogP contribution is -2.14. The number of carbonyl (C=O) groups is 1. The molecule has 3 heteroatoms. The lowest BCUT2D eigenvalue weighted by molar-refractivity contribution is 0.100. The van der Waals surface area contributed by atoms with Crippen LogP contribution in [-0.2, 0) is 6.42 Å².